The van der Waals surface area contributed by atoms with Crippen molar-refractivity contribution < 1.29 is 22.7 Å². The van der Waals surface area contributed by atoms with Crippen molar-refractivity contribution in [2.24, 2.45) is 5.92 Å². The van der Waals surface area contributed by atoms with E-state index in [4.69, 9.17) is 9.47 Å². The summed E-state index contributed by atoms with van der Waals surface area (Å²) in [6.45, 7) is 4.11. The zero-order valence-corrected chi connectivity index (χ0v) is 17.1. The maximum atomic E-state index is 13.0. The quantitative estimate of drug-likeness (QED) is 0.828. The number of nitrogens with zero attached hydrogens (tertiary/aromatic N) is 1. The number of anilines is 1. The zero-order valence-electron chi connectivity index (χ0n) is 16.3. The van der Waals surface area contributed by atoms with Gasteiger partial charge in [0.2, 0.25) is 10.0 Å². The molecule has 1 N–H and O–H groups in total. The molecule has 2 aromatic carbocycles. The Kier molecular flexibility index (Phi) is 5.47. The molecule has 0 spiro atoms. The van der Waals surface area contributed by atoms with Gasteiger partial charge in [0.05, 0.1) is 4.90 Å². The summed E-state index contributed by atoms with van der Waals surface area (Å²) in [6.07, 6.45) is 1.70. The van der Waals surface area contributed by atoms with Gasteiger partial charge in [0.15, 0.2) is 11.5 Å². The van der Waals surface area contributed by atoms with Gasteiger partial charge in [-0.3, -0.25) is 4.79 Å². The van der Waals surface area contributed by atoms with Crippen molar-refractivity contribution in [1.29, 1.82) is 0 Å². The van der Waals surface area contributed by atoms with E-state index in [0.29, 0.717) is 49.4 Å². The van der Waals surface area contributed by atoms with Gasteiger partial charge in [-0.2, -0.15) is 4.31 Å². The number of piperidine rings is 1. The Morgan fingerprint density at radius 2 is 1.76 bits per heavy atom. The molecule has 1 amide bonds. The second-order valence-corrected chi connectivity index (χ2v) is 9.36. The standard InChI is InChI=1S/C21H24N2O5S/c1-15-7-9-23(10-8-15)29(25,26)18-4-2-3-16(13-18)21(24)22-17-5-6-19-20(14-17)28-12-11-27-19/h2-6,13-15H,7-12H2,1H3,(H,22,24). The molecule has 0 aliphatic carbocycles. The fourth-order valence-electron chi connectivity index (χ4n) is 3.50. The van der Waals surface area contributed by atoms with E-state index < -0.39 is 10.0 Å². The number of benzene rings is 2. The van der Waals surface area contributed by atoms with Gasteiger partial charge in [-0.15, -0.1) is 0 Å². The van der Waals surface area contributed by atoms with Gasteiger partial charge in [-0.1, -0.05) is 13.0 Å². The highest BCUT2D eigenvalue weighted by atomic mass is 32.2. The number of rotatable bonds is 4. The molecule has 0 atom stereocenters. The highest BCUT2D eigenvalue weighted by Gasteiger charge is 2.28. The number of carbonyl (C=O) groups is 1. The van der Waals surface area contributed by atoms with Crippen molar-refractivity contribution >= 4 is 21.6 Å². The first kappa shape index (κ1) is 19.7. The van der Waals surface area contributed by atoms with Crippen molar-refractivity contribution in [2.75, 3.05) is 31.6 Å². The molecule has 8 heteroatoms. The Balaban J connectivity index is 1.51. The monoisotopic (exact) mass is 416 g/mol. The zero-order chi connectivity index (χ0) is 20.4. The molecule has 1 saturated heterocycles. The van der Waals surface area contributed by atoms with E-state index in [-0.39, 0.29) is 16.4 Å². The van der Waals surface area contributed by atoms with E-state index in [9.17, 15) is 13.2 Å². The third kappa shape index (κ3) is 4.23. The Hall–Kier alpha value is -2.58. The molecule has 0 aromatic heterocycles. The molecule has 29 heavy (non-hydrogen) atoms. The van der Waals surface area contributed by atoms with Crippen molar-refractivity contribution in [3.05, 3.63) is 48.0 Å². The molecule has 2 aromatic rings. The lowest BCUT2D eigenvalue weighted by Gasteiger charge is -2.29. The summed E-state index contributed by atoms with van der Waals surface area (Å²) in [6, 6.07) is 11.3. The third-order valence-electron chi connectivity index (χ3n) is 5.28. The van der Waals surface area contributed by atoms with Crippen LogP contribution in [0.2, 0.25) is 0 Å². The maximum Gasteiger partial charge on any atom is 0.255 e. The highest BCUT2D eigenvalue weighted by Crippen LogP contribution is 2.32. The van der Waals surface area contributed by atoms with E-state index >= 15 is 0 Å². The number of nitrogens with one attached hydrogen (secondary N) is 1. The predicted molar refractivity (Wildman–Crippen MR) is 109 cm³/mol. The number of sulfonamides is 1. The largest absolute Gasteiger partial charge is 0.486 e. The summed E-state index contributed by atoms with van der Waals surface area (Å²) < 4.78 is 38.4. The molecule has 4 rings (SSSR count). The number of hydrogen-bond donors (Lipinski definition) is 1. The van der Waals surface area contributed by atoms with Crippen LogP contribution in [0.25, 0.3) is 0 Å². The molecule has 1 fully saturated rings. The molecule has 0 unspecified atom stereocenters. The lowest BCUT2D eigenvalue weighted by molar-refractivity contribution is 0.102. The van der Waals surface area contributed by atoms with Crippen LogP contribution in [0, 0.1) is 5.92 Å². The minimum Gasteiger partial charge on any atom is -0.486 e. The lowest BCUT2D eigenvalue weighted by Crippen LogP contribution is -2.37. The number of fused-ring (bicyclic) bond motifs is 1. The Labute approximate surface area is 170 Å². The molecule has 2 aliphatic heterocycles. The number of hydrogen-bond acceptors (Lipinski definition) is 5. The predicted octanol–water partition coefficient (Wildman–Crippen LogP) is 3.13. The summed E-state index contributed by atoms with van der Waals surface area (Å²) >= 11 is 0. The van der Waals surface area contributed by atoms with E-state index in [1.165, 1.54) is 16.4 Å². The molecule has 154 valence electrons. The second-order valence-electron chi connectivity index (χ2n) is 7.43. The summed E-state index contributed by atoms with van der Waals surface area (Å²) in [5, 5.41) is 2.79. The average Bonchev–Trinajstić information content (AvgIpc) is 2.74. The van der Waals surface area contributed by atoms with E-state index in [2.05, 4.69) is 12.2 Å². The van der Waals surface area contributed by atoms with Gasteiger partial charge in [-0.05, 0) is 49.1 Å². The van der Waals surface area contributed by atoms with Crippen LogP contribution in [0.1, 0.15) is 30.1 Å². The lowest BCUT2D eigenvalue weighted by atomic mass is 10.0. The third-order valence-corrected chi connectivity index (χ3v) is 7.17. The molecule has 0 bridgehead atoms. The average molecular weight is 416 g/mol. The summed E-state index contributed by atoms with van der Waals surface area (Å²) in [5.41, 5.74) is 0.837. The summed E-state index contributed by atoms with van der Waals surface area (Å²) in [5.74, 6) is 1.36. The van der Waals surface area contributed by atoms with Crippen molar-refractivity contribution in [3.63, 3.8) is 0 Å². The molecule has 0 saturated carbocycles. The van der Waals surface area contributed by atoms with Gasteiger partial charge >= 0.3 is 0 Å². The van der Waals surface area contributed by atoms with Crippen LogP contribution in [0.3, 0.4) is 0 Å². The Morgan fingerprint density at radius 1 is 1.03 bits per heavy atom. The first-order valence-corrected chi connectivity index (χ1v) is 11.2. The second kappa shape index (κ2) is 8.04. The van der Waals surface area contributed by atoms with E-state index in [0.717, 1.165) is 12.8 Å². The smallest absolute Gasteiger partial charge is 0.255 e. The number of ether oxygens (including phenoxy) is 2. The van der Waals surface area contributed by atoms with Gasteiger partial charge in [-0.25, -0.2) is 8.42 Å². The van der Waals surface area contributed by atoms with Crippen molar-refractivity contribution in [3.8, 4) is 11.5 Å². The minimum absolute atomic E-state index is 0.141. The molecule has 0 radical (unpaired) electrons. The van der Waals surface area contributed by atoms with Crippen molar-refractivity contribution in [2.45, 2.75) is 24.7 Å². The molecular formula is C21H24N2O5S. The van der Waals surface area contributed by atoms with Gasteiger partial charge in [0, 0.05) is 30.4 Å². The van der Waals surface area contributed by atoms with Crippen LogP contribution in [0.15, 0.2) is 47.4 Å². The Morgan fingerprint density at radius 3 is 2.52 bits per heavy atom. The molecule has 2 aliphatic rings. The van der Waals surface area contributed by atoms with Crippen LogP contribution < -0.4 is 14.8 Å². The first-order chi connectivity index (χ1) is 13.9. The van der Waals surface area contributed by atoms with Gasteiger partial charge in [0.25, 0.3) is 5.91 Å². The fraction of sp³-hybridized carbons (Fsp3) is 0.381. The normalized spacial score (nSPS) is 17.7. The first-order valence-electron chi connectivity index (χ1n) is 9.75. The van der Waals surface area contributed by atoms with Crippen molar-refractivity contribution in [1.82, 2.24) is 4.31 Å². The molecule has 2 heterocycles. The van der Waals surface area contributed by atoms with Crippen LogP contribution in [-0.2, 0) is 10.0 Å². The van der Waals surface area contributed by atoms with Crippen LogP contribution in [-0.4, -0.2) is 44.9 Å². The fourth-order valence-corrected chi connectivity index (χ4v) is 5.01. The minimum atomic E-state index is -3.61. The highest BCUT2D eigenvalue weighted by molar-refractivity contribution is 7.89. The SMILES string of the molecule is CC1CCN(S(=O)(=O)c2cccc(C(=O)Nc3ccc4c(c3)OCCO4)c2)CC1. The van der Waals surface area contributed by atoms with E-state index in [1.807, 2.05) is 0 Å². The molecule has 7 nitrogen and oxygen atoms in total. The molecular weight excluding hydrogens is 392 g/mol. The van der Waals surface area contributed by atoms with Crippen LogP contribution in [0.4, 0.5) is 5.69 Å². The topological polar surface area (TPSA) is 84.9 Å². The van der Waals surface area contributed by atoms with Gasteiger partial charge in [0.1, 0.15) is 13.2 Å². The maximum absolute atomic E-state index is 13.0. The van der Waals surface area contributed by atoms with E-state index in [1.54, 1.807) is 30.3 Å². The van der Waals surface area contributed by atoms with Crippen LogP contribution in [0.5, 0.6) is 11.5 Å². The summed E-state index contributed by atoms with van der Waals surface area (Å²) in [4.78, 5) is 12.8. The van der Waals surface area contributed by atoms with Crippen LogP contribution >= 0.6 is 0 Å². The number of amides is 1. The summed E-state index contributed by atoms with van der Waals surface area (Å²) in [7, 11) is -3.61. The van der Waals surface area contributed by atoms with Gasteiger partial charge < -0.3 is 14.8 Å². The number of carbonyl (C=O) groups excluding carboxylic acids is 1. The Bertz CT molecular complexity index is 1010.